The van der Waals surface area contributed by atoms with E-state index in [1.54, 1.807) is 12.1 Å². The van der Waals surface area contributed by atoms with Crippen molar-refractivity contribution in [2.24, 2.45) is 5.92 Å². The van der Waals surface area contributed by atoms with Crippen LogP contribution in [0.2, 0.25) is 0 Å². The predicted octanol–water partition coefficient (Wildman–Crippen LogP) is 5.32. The molecule has 6 rings (SSSR count). The lowest BCUT2D eigenvalue weighted by Crippen LogP contribution is -2.33. The number of rotatable bonds is 6. The van der Waals surface area contributed by atoms with Crippen molar-refractivity contribution in [1.29, 1.82) is 0 Å². The van der Waals surface area contributed by atoms with Crippen LogP contribution in [0.15, 0.2) is 87.1 Å². The third kappa shape index (κ3) is 4.97. The van der Waals surface area contributed by atoms with Gasteiger partial charge in [-0.1, -0.05) is 68.9 Å². The standard InChI is InChI=1S/C29H21BrN4O6S2/c1-15-2-8-18(9-3-15)31-21(35)14-32-28-25(42-29(32)38)22(16-4-6-17(30)7-5-16)23-24(41-28)27(37)33(26(23)36)19-10-12-20(13-11-19)34(39)40/h2-13,22-24H,14H2,1H3,(H,31,35)/t22-,23-,24+/m0/s1. The number of nitro groups is 1. The molecule has 42 heavy (non-hydrogen) atoms. The molecule has 0 unspecified atom stereocenters. The van der Waals surface area contributed by atoms with Gasteiger partial charge in [0.05, 0.1) is 21.6 Å². The molecule has 1 fully saturated rings. The van der Waals surface area contributed by atoms with Crippen molar-refractivity contribution in [3.63, 3.8) is 0 Å². The Morgan fingerprint density at radius 2 is 1.64 bits per heavy atom. The minimum Gasteiger partial charge on any atom is -0.325 e. The van der Waals surface area contributed by atoms with Crippen LogP contribution < -0.4 is 15.1 Å². The monoisotopic (exact) mass is 664 g/mol. The van der Waals surface area contributed by atoms with Crippen molar-refractivity contribution >= 4 is 73.8 Å². The highest BCUT2D eigenvalue weighted by atomic mass is 79.9. The summed E-state index contributed by atoms with van der Waals surface area (Å²) in [6, 6.07) is 19.9. The lowest BCUT2D eigenvalue weighted by Gasteiger charge is -2.30. The molecule has 13 heteroatoms. The molecule has 3 atom stereocenters. The van der Waals surface area contributed by atoms with Crippen molar-refractivity contribution in [2.75, 3.05) is 10.2 Å². The SMILES string of the molecule is Cc1ccc(NC(=O)Cn2c3c(sc2=O)[C@@H](c2ccc(Br)cc2)[C@@H]2C(=O)N(c4ccc([N+](=O)[O-])cc4)C(=O)[C@@H]2S3)cc1. The van der Waals surface area contributed by atoms with Gasteiger partial charge in [0.15, 0.2) is 0 Å². The number of aromatic nitrogens is 1. The maximum absolute atomic E-state index is 13.9. The molecule has 0 radical (unpaired) electrons. The second-order valence-corrected chi connectivity index (χ2v) is 13.0. The van der Waals surface area contributed by atoms with Gasteiger partial charge in [-0.25, -0.2) is 4.90 Å². The first-order chi connectivity index (χ1) is 20.1. The number of carbonyl (C=O) groups excluding carboxylic acids is 3. The molecule has 0 spiro atoms. The number of imide groups is 1. The topological polar surface area (TPSA) is 132 Å². The molecule has 212 valence electrons. The number of halogens is 1. The predicted molar refractivity (Wildman–Crippen MR) is 163 cm³/mol. The first kappa shape index (κ1) is 28.1. The first-order valence-electron chi connectivity index (χ1n) is 12.8. The smallest absolute Gasteiger partial charge is 0.308 e. The number of non-ortho nitro benzene ring substituents is 1. The van der Waals surface area contributed by atoms with Gasteiger partial charge >= 0.3 is 4.87 Å². The van der Waals surface area contributed by atoms with E-state index in [1.165, 1.54) is 28.8 Å². The summed E-state index contributed by atoms with van der Waals surface area (Å²) < 4.78 is 2.19. The molecule has 3 aromatic carbocycles. The van der Waals surface area contributed by atoms with Gasteiger partial charge in [-0.15, -0.1) is 0 Å². The van der Waals surface area contributed by atoms with Crippen LogP contribution in [0.5, 0.6) is 0 Å². The van der Waals surface area contributed by atoms with Crippen molar-refractivity contribution in [1.82, 2.24) is 4.57 Å². The number of benzene rings is 3. The molecule has 0 bridgehead atoms. The highest BCUT2D eigenvalue weighted by Gasteiger charge is 2.56. The van der Waals surface area contributed by atoms with Gasteiger partial charge in [-0.05, 0) is 48.9 Å². The Morgan fingerprint density at radius 1 is 0.976 bits per heavy atom. The van der Waals surface area contributed by atoms with Crippen LogP contribution in [0, 0.1) is 23.0 Å². The lowest BCUT2D eigenvalue weighted by atomic mass is 9.83. The van der Waals surface area contributed by atoms with Crippen molar-refractivity contribution < 1.29 is 19.3 Å². The molecule has 1 aromatic heterocycles. The minimum absolute atomic E-state index is 0.160. The zero-order chi connectivity index (χ0) is 29.7. The minimum atomic E-state index is -0.866. The maximum atomic E-state index is 13.9. The van der Waals surface area contributed by atoms with Crippen LogP contribution in [-0.2, 0) is 20.9 Å². The second-order valence-electron chi connectivity index (χ2n) is 9.92. The van der Waals surface area contributed by atoms with Crippen molar-refractivity contribution in [3.05, 3.63) is 113 Å². The summed E-state index contributed by atoms with van der Waals surface area (Å²) in [6.07, 6.45) is 0. The fourth-order valence-electron chi connectivity index (χ4n) is 5.24. The van der Waals surface area contributed by atoms with Gasteiger partial charge < -0.3 is 5.32 Å². The molecule has 2 aliphatic rings. The molecule has 4 aromatic rings. The molecular weight excluding hydrogens is 644 g/mol. The fourth-order valence-corrected chi connectivity index (χ4v) is 8.28. The normalized spacial score (nSPS) is 19.4. The number of hydrogen-bond donors (Lipinski definition) is 1. The van der Waals surface area contributed by atoms with Crippen LogP contribution in [0.3, 0.4) is 0 Å². The third-order valence-electron chi connectivity index (χ3n) is 7.23. The molecule has 10 nitrogen and oxygen atoms in total. The molecular formula is C29H21BrN4O6S2. The number of aryl methyl sites for hydroxylation is 1. The van der Waals surface area contributed by atoms with Gasteiger partial charge in [0.25, 0.3) is 5.69 Å². The molecule has 0 saturated carbocycles. The van der Waals surface area contributed by atoms with E-state index in [4.69, 9.17) is 0 Å². The Kier molecular flexibility index (Phi) is 7.33. The molecule has 3 amide bonds. The number of hydrogen-bond acceptors (Lipinski definition) is 8. The second kappa shape index (κ2) is 11.0. The average molecular weight is 666 g/mol. The fraction of sp³-hybridized carbons (Fsp3) is 0.172. The Labute approximate surface area is 255 Å². The number of nitro benzene ring substituents is 1. The molecule has 1 N–H and O–H groups in total. The van der Waals surface area contributed by atoms with E-state index < -0.39 is 39.7 Å². The van der Waals surface area contributed by atoms with Gasteiger partial charge in [-0.3, -0.25) is 33.9 Å². The summed E-state index contributed by atoms with van der Waals surface area (Å²) in [5.41, 5.74) is 2.46. The van der Waals surface area contributed by atoms with Crippen LogP contribution in [0.4, 0.5) is 17.1 Å². The van der Waals surface area contributed by atoms with Crippen LogP contribution in [0.25, 0.3) is 0 Å². The van der Waals surface area contributed by atoms with Crippen LogP contribution >= 0.6 is 39.0 Å². The quantitative estimate of drug-likeness (QED) is 0.168. The largest absolute Gasteiger partial charge is 0.325 e. The number of nitrogens with one attached hydrogen (secondary N) is 1. The maximum Gasteiger partial charge on any atom is 0.308 e. The van der Waals surface area contributed by atoms with E-state index in [0.29, 0.717) is 15.6 Å². The molecule has 0 aliphatic carbocycles. The highest BCUT2D eigenvalue weighted by Crippen LogP contribution is 2.54. The van der Waals surface area contributed by atoms with Gasteiger partial charge in [0, 0.05) is 33.1 Å². The summed E-state index contributed by atoms with van der Waals surface area (Å²) >= 11 is 5.51. The van der Waals surface area contributed by atoms with Crippen LogP contribution in [0.1, 0.15) is 21.9 Å². The zero-order valence-corrected chi connectivity index (χ0v) is 25.1. The van der Waals surface area contributed by atoms with E-state index >= 15 is 0 Å². The van der Waals surface area contributed by atoms with Crippen molar-refractivity contribution in [2.45, 2.75) is 29.7 Å². The van der Waals surface area contributed by atoms with Gasteiger partial charge in [0.2, 0.25) is 17.7 Å². The number of thiazole rings is 1. The van der Waals surface area contributed by atoms with E-state index in [2.05, 4.69) is 21.2 Å². The molecule has 2 aliphatic heterocycles. The summed E-state index contributed by atoms with van der Waals surface area (Å²) in [4.78, 5) is 65.9. The summed E-state index contributed by atoms with van der Waals surface area (Å²) in [5.74, 6) is -2.76. The molecule has 1 saturated heterocycles. The van der Waals surface area contributed by atoms with E-state index in [1.807, 2.05) is 43.3 Å². The number of carbonyl (C=O) groups is 3. The van der Waals surface area contributed by atoms with Gasteiger partial charge in [-0.2, -0.15) is 0 Å². The number of fused-ring (bicyclic) bond motifs is 2. The highest BCUT2D eigenvalue weighted by molar-refractivity contribution is 9.10. The Balaban J connectivity index is 1.39. The average Bonchev–Trinajstić information content (AvgIpc) is 3.41. The third-order valence-corrected chi connectivity index (χ3v) is 10.4. The number of amides is 3. The Hall–Kier alpha value is -4.07. The first-order valence-corrected chi connectivity index (χ1v) is 15.3. The number of nitrogens with zero attached hydrogens (tertiary/aromatic N) is 3. The number of thioether (sulfide) groups is 1. The zero-order valence-electron chi connectivity index (χ0n) is 21.9. The Bertz CT molecular complexity index is 1800. The van der Waals surface area contributed by atoms with Crippen LogP contribution in [-0.4, -0.2) is 32.5 Å². The lowest BCUT2D eigenvalue weighted by molar-refractivity contribution is -0.384. The summed E-state index contributed by atoms with van der Waals surface area (Å²) in [5, 5.41) is 13.6. The van der Waals surface area contributed by atoms with E-state index in [9.17, 15) is 29.3 Å². The van der Waals surface area contributed by atoms with E-state index in [0.717, 1.165) is 43.6 Å². The number of anilines is 2. The van der Waals surface area contributed by atoms with Crippen molar-refractivity contribution in [3.8, 4) is 0 Å². The summed E-state index contributed by atoms with van der Waals surface area (Å²) in [6.45, 7) is 1.68. The van der Waals surface area contributed by atoms with Gasteiger partial charge in [0.1, 0.15) is 11.8 Å². The molecule has 3 heterocycles. The summed E-state index contributed by atoms with van der Waals surface area (Å²) in [7, 11) is 0. The van der Waals surface area contributed by atoms with E-state index in [-0.39, 0.29) is 22.8 Å². The Morgan fingerprint density at radius 3 is 2.29 bits per heavy atom.